The molecule has 0 aromatic heterocycles. The van der Waals surface area contributed by atoms with E-state index in [0.29, 0.717) is 12.3 Å². The Hall–Kier alpha value is -0.250. The average Bonchev–Trinajstić information content (AvgIpc) is 1.66. The van der Waals surface area contributed by atoms with Gasteiger partial charge in [-0.15, -0.1) is 0 Å². The molecule has 0 radical (unpaired) electrons. The predicted octanol–water partition coefficient (Wildman–Crippen LogP) is 0.740. The zero-order valence-electron chi connectivity index (χ0n) is 4.61. The van der Waals surface area contributed by atoms with Crippen molar-refractivity contribution in [3.8, 4) is 0 Å². The molecule has 0 spiro atoms. The number of carbonyl (C=O) groups is 1. The van der Waals surface area contributed by atoms with Crippen LogP contribution in [-0.4, -0.2) is 18.2 Å². The molecule has 0 aliphatic heterocycles. The van der Waals surface area contributed by atoms with Crippen LogP contribution in [0.25, 0.3) is 0 Å². The minimum absolute atomic E-state index is 0.112. The van der Waals surface area contributed by atoms with Gasteiger partial charge >= 0.3 is 0 Å². The second-order valence-corrected chi connectivity index (χ2v) is 1.92. The van der Waals surface area contributed by atoms with E-state index in [2.05, 4.69) is 5.32 Å². The van der Waals surface area contributed by atoms with Crippen molar-refractivity contribution in [3.63, 3.8) is 0 Å². The van der Waals surface area contributed by atoms with Gasteiger partial charge < -0.3 is 5.32 Å². The molecule has 4 heteroatoms. The summed E-state index contributed by atoms with van der Waals surface area (Å²) in [5.74, 6) is 0.221. The Balaban J connectivity index is 2.82. The summed E-state index contributed by atoms with van der Waals surface area (Å²) in [6.07, 6.45) is 0. The Morgan fingerprint density at radius 1 is 1.88 bits per heavy atom. The van der Waals surface area contributed by atoms with E-state index < -0.39 is 0 Å². The Morgan fingerprint density at radius 3 is 2.88 bits per heavy atom. The van der Waals surface area contributed by atoms with Gasteiger partial charge in [-0.05, 0) is 0 Å². The third-order valence-electron chi connectivity index (χ3n) is 0.553. The first-order valence-electron chi connectivity index (χ1n) is 2.25. The van der Waals surface area contributed by atoms with Crippen LogP contribution in [0, 0.1) is 0 Å². The summed E-state index contributed by atoms with van der Waals surface area (Å²) < 4.78 is 11.2. The second kappa shape index (κ2) is 4.90. The molecule has 0 unspecified atom stereocenters. The van der Waals surface area contributed by atoms with Crippen molar-refractivity contribution in [3.05, 3.63) is 0 Å². The van der Waals surface area contributed by atoms with Gasteiger partial charge in [0.05, 0.1) is 0 Å². The van der Waals surface area contributed by atoms with E-state index in [1.165, 1.54) is 6.92 Å². The fourth-order valence-electron chi connectivity index (χ4n) is 0.266. The van der Waals surface area contributed by atoms with Crippen LogP contribution in [0.2, 0.25) is 0 Å². The van der Waals surface area contributed by atoms with Crippen molar-refractivity contribution in [2.45, 2.75) is 6.92 Å². The van der Waals surface area contributed by atoms with Gasteiger partial charge in [0, 0.05) is 31.4 Å². The van der Waals surface area contributed by atoms with Gasteiger partial charge in [0.2, 0.25) is 5.91 Å². The molecular formula is C4H8FNOS. The highest BCUT2D eigenvalue weighted by Gasteiger charge is 1.87. The van der Waals surface area contributed by atoms with E-state index in [0.717, 1.165) is 0 Å². The maximum absolute atomic E-state index is 11.2. The highest BCUT2D eigenvalue weighted by atomic mass is 32.2. The number of halogens is 1. The number of nitrogens with one attached hydrogen (secondary N) is 1. The smallest absolute Gasteiger partial charge is 0.216 e. The highest BCUT2D eigenvalue weighted by Crippen LogP contribution is 1.95. The van der Waals surface area contributed by atoms with Crippen LogP contribution in [0.1, 0.15) is 6.92 Å². The molecule has 48 valence electrons. The normalized spacial score (nSPS) is 8.75. The lowest BCUT2D eigenvalue weighted by molar-refractivity contribution is -0.118. The molecule has 0 atom stereocenters. The molecule has 0 aliphatic rings. The fourth-order valence-corrected chi connectivity index (χ4v) is 0.445. The molecule has 2 nitrogen and oxygen atoms in total. The van der Waals surface area contributed by atoms with Crippen molar-refractivity contribution in [1.29, 1.82) is 0 Å². The maximum atomic E-state index is 11.2. The van der Waals surface area contributed by atoms with Crippen LogP contribution in [0.4, 0.5) is 3.89 Å². The molecule has 0 fully saturated rings. The Kier molecular flexibility index (Phi) is 4.75. The van der Waals surface area contributed by atoms with Gasteiger partial charge in [-0.25, -0.2) is 0 Å². The molecule has 8 heavy (non-hydrogen) atoms. The Labute approximate surface area is 52.1 Å². The summed E-state index contributed by atoms with van der Waals surface area (Å²) in [6.45, 7) is 1.82. The lowest BCUT2D eigenvalue weighted by Crippen LogP contribution is -2.21. The van der Waals surface area contributed by atoms with Crippen LogP contribution < -0.4 is 5.32 Å². The first-order chi connectivity index (χ1) is 3.77. The van der Waals surface area contributed by atoms with Crippen LogP contribution >= 0.6 is 12.1 Å². The standard InChI is InChI=1S/C4H8FNOS/c1-4(7)6-2-3-8-5/h2-3H2,1H3,(H,6,7). The zero-order valence-corrected chi connectivity index (χ0v) is 5.43. The molecular weight excluding hydrogens is 129 g/mol. The molecule has 0 saturated heterocycles. The van der Waals surface area contributed by atoms with Gasteiger partial charge in [0.25, 0.3) is 0 Å². The molecule has 1 N–H and O–H groups in total. The van der Waals surface area contributed by atoms with E-state index in [1.54, 1.807) is 0 Å². The van der Waals surface area contributed by atoms with Crippen LogP contribution in [-0.2, 0) is 4.79 Å². The topological polar surface area (TPSA) is 29.1 Å². The SMILES string of the molecule is CC(=O)NCCSF. The van der Waals surface area contributed by atoms with Crippen LogP contribution in [0.15, 0.2) is 0 Å². The van der Waals surface area contributed by atoms with E-state index in [4.69, 9.17) is 0 Å². The maximum Gasteiger partial charge on any atom is 0.216 e. The van der Waals surface area contributed by atoms with Crippen molar-refractivity contribution in [2.75, 3.05) is 12.3 Å². The highest BCUT2D eigenvalue weighted by molar-refractivity contribution is 7.94. The van der Waals surface area contributed by atoms with Gasteiger partial charge in [0.15, 0.2) is 0 Å². The van der Waals surface area contributed by atoms with Crippen molar-refractivity contribution in [1.82, 2.24) is 5.32 Å². The summed E-state index contributed by atoms with van der Waals surface area (Å²) >= 11 is 0.229. The summed E-state index contributed by atoms with van der Waals surface area (Å²) in [4.78, 5) is 10.1. The minimum atomic E-state index is -0.112. The third kappa shape index (κ3) is 5.75. The van der Waals surface area contributed by atoms with Crippen molar-refractivity contribution in [2.24, 2.45) is 0 Å². The first-order valence-corrected chi connectivity index (χ1v) is 3.14. The van der Waals surface area contributed by atoms with Crippen LogP contribution in [0.5, 0.6) is 0 Å². The molecule has 0 aromatic carbocycles. The predicted molar refractivity (Wildman–Crippen MR) is 32.2 cm³/mol. The van der Waals surface area contributed by atoms with Gasteiger partial charge in [-0.2, -0.15) is 3.89 Å². The molecule has 0 aromatic rings. The van der Waals surface area contributed by atoms with E-state index in [-0.39, 0.29) is 18.1 Å². The number of carbonyl (C=O) groups excluding carboxylic acids is 1. The van der Waals surface area contributed by atoms with Gasteiger partial charge in [-0.1, -0.05) is 0 Å². The zero-order chi connectivity index (χ0) is 6.41. The number of amides is 1. The molecule has 0 bridgehead atoms. The second-order valence-electron chi connectivity index (χ2n) is 1.30. The van der Waals surface area contributed by atoms with Crippen molar-refractivity contribution >= 4 is 18.1 Å². The molecule has 0 rings (SSSR count). The van der Waals surface area contributed by atoms with E-state index in [9.17, 15) is 8.68 Å². The minimum Gasteiger partial charge on any atom is -0.355 e. The van der Waals surface area contributed by atoms with Crippen molar-refractivity contribution < 1.29 is 8.68 Å². The quantitative estimate of drug-likeness (QED) is 0.581. The van der Waals surface area contributed by atoms with E-state index in [1.807, 2.05) is 0 Å². The molecule has 0 aliphatic carbocycles. The fraction of sp³-hybridized carbons (Fsp3) is 0.750. The van der Waals surface area contributed by atoms with Gasteiger partial charge in [0.1, 0.15) is 0 Å². The first kappa shape index (κ1) is 7.75. The van der Waals surface area contributed by atoms with E-state index >= 15 is 0 Å². The monoisotopic (exact) mass is 137 g/mol. The van der Waals surface area contributed by atoms with Crippen LogP contribution in [0.3, 0.4) is 0 Å². The van der Waals surface area contributed by atoms with Gasteiger partial charge in [-0.3, -0.25) is 4.79 Å². The lowest BCUT2D eigenvalue weighted by Gasteiger charge is -1.94. The Morgan fingerprint density at radius 2 is 2.50 bits per heavy atom. The average molecular weight is 137 g/mol. The molecule has 1 amide bonds. The summed E-state index contributed by atoms with van der Waals surface area (Å²) in [5, 5.41) is 2.45. The number of hydrogen-bond acceptors (Lipinski definition) is 2. The summed E-state index contributed by atoms with van der Waals surface area (Å²) in [7, 11) is 0. The number of rotatable bonds is 3. The summed E-state index contributed by atoms with van der Waals surface area (Å²) in [6, 6.07) is 0. The molecule has 0 saturated carbocycles. The molecule has 0 heterocycles. The largest absolute Gasteiger partial charge is 0.355 e. The summed E-state index contributed by atoms with van der Waals surface area (Å²) in [5.41, 5.74) is 0. The third-order valence-corrected chi connectivity index (χ3v) is 0.912. The Bertz CT molecular complexity index is 78.4. The number of hydrogen-bond donors (Lipinski definition) is 1. The lowest BCUT2D eigenvalue weighted by atomic mass is 10.6.